The summed E-state index contributed by atoms with van der Waals surface area (Å²) in [7, 11) is 0. The van der Waals surface area contributed by atoms with Gasteiger partial charge in [-0.1, -0.05) is 30.3 Å². The third-order valence-corrected chi connectivity index (χ3v) is 3.34. The van der Waals surface area contributed by atoms with E-state index in [0.717, 1.165) is 6.42 Å². The maximum atomic E-state index is 9.50. The van der Waals surface area contributed by atoms with E-state index >= 15 is 0 Å². The van der Waals surface area contributed by atoms with E-state index in [2.05, 4.69) is 18.4 Å². The molecule has 0 radical (unpaired) electrons. The number of thioether (sulfide) groups is 1. The highest BCUT2D eigenvalue weighted by molar-refractivity contribution is 7.98. The highest BCUT2D eigenvalue weighted by Crippen LogP contribution is 2.26. The van der Waals surface area contributed by atoms with E-state index in [9.17, 15) is 5.11 Å². The first-order valence-corrected chi connectivity index (χ1v) is 6.42. The zero-order valence-corrected chi connectivity index (χ0v) is 10.00. The van der Waals surface area contributed by atoms with Gasteiger partial charge in [0, 0.05) is 4.90 Å². The Morgan fingerprint density at radius 2 is 1.81 bits per heavy atom. The number of benzene rings is 2. The van der Waals surface area contributed by atoms with Crippen molar-refractivity contribution < 1.29 is 5.11 Å². The normalized spacial score (nSPS) is 10.3. The molecule has 0 saturated heterocycles. The summed E-state index contributed by atoms with van der Waals surface area (Å²) in [4.78, 5) is 1.22. The van der Waals surface area contributed by atoms with Crippen molar-refractivity contribution in [2.24, 2.45) is 0 Å². The fraction of sp³-hybridized carbons (Fsp3) is 0.143. The molecule has 1 N–H and O–H groups in total. The molecule has 2 aromatic rings. The van der Waals surface area contributed by atoms with E-state index in [1.807, 2.05) is 30.3 Å². The molecule has 0 aliphatic rings. The van der Waals surface area contributed by atoms with Gasteiger partial charge >= 0.3 is 0 Å². The Bertz CT molecular complexity index is 465. The summed E-state index contributed by atoms with van der Waals surface area (Å²) < 4.78 is 0. The van der Waals surface area contributed by atoms with Gasteiger partial charge in [0.25, 0.3) is 0 Å². The highest BCUT2D eigenvalue weighted by atomic mass is 32.2. The Labute approximate surface area is 100 Å². The molecule has 0 spiro atoms. The summed E-state index contributed by atoms with van der Waals surface area (Å²) in [5.74, 6) is 0.337. The van der Waals surface area contributed by atoms with Crippen LogP contribution in [0.15, 0.2) is 53.4 Å². The number of rotatable bonds is 3. The van der Waals surface area contributed by atoms with Gasteiger partial charge in [-0.3, -0.25) is 0 Å². The third kappa shape index (κ3) is 2.58. The molecule has 0 fully saturated rings. The summed E-state index contributed by atoms with van der Waals surface area (Å²) in [5, 5.41) is 9.50. The summed E-state index contributed by atoms with van der Waals surface area (Å²) in [6.07, 6.45) is 2.92. The van der Waals surface area contributed by atoms with Crippen molar-refractivity contribution in [3.05, 3.63) is 59.7 Å². The van der Waals surface area contributed by atoms with Crippen LogP contribution in [0.1, 0.15) is 11.1 Å². The predicted molar refractivity (Wildman–Crippen MR) is 69.1 cm³/mol. The van der Waals surface area contributed by atoms with Gasteiger partial charge in [0.2, 0.25) is 0 Å². The number of phenolic OH excluding ortho intramolecular Hbond substituents is 1. The van der Waals surface area contributed by atoms with Gasteiger partial charge < -0.3 is 5.11 Å². The van der Waals surface area contributed by atoms with Crippen LogP contribution in [0, 0.1) is 0 Å². The Balaban J connectivity index is 2.30. The molecule has 0 aliphatic carbocycles. The Kier molecular flexibility index (Phi) is 3.52. The molecular weight excluding hydrogens is 216 g/mol. The van der Waals surface area contributed by atoms with Gasteiger partial charge in [0.05, 0.1) is 0 Å². The number of phenols is 1. The molecule has 0 unspecified atom stereocenters. The average molecular weight is 230 g/mol. The minimum atomic E-state index is 0.337. The molecule has 82 valence electrons. The fourth-order valence-corrected chi connectivity index (χ4v) is 2.32. The Morgan fingerprint density at radius 1 is 1.06 bits per heavy atom. The molecule has 0 saturated carbocycles. The van der Waals surface area contributed by atoms with Gasteiger partial charge in [-0.05, 0) is 42.0 Å². The van der Waals surface area contributed by atoms with Crippen molar-refractivity contribution in [3.63, 3.8) is 0 Å². The molecule has 2 rings (SSSR count). The van der Waals surface area contributed by atoms with Crippen molar-refractivity contribution in [1.82, 2.24) is 0 Å². The molecule has 2 heteroatoms. The molecule has 0 aliphatic heterocycles. The zero-order chi connectivity index (χ0) is 11.4. The molecule has 2 aromatic carbocycles. The molecule has 1 nitrogen and oxygen atoms in total. The van der Waals surface area contributed by atoms with Crippen LogP contribution in [0.5, 0.6) is 5.75 Å². The minimum absolute atomic E-state index is 0.337. The van der Waals surface area contributed by atoms with Crippen LogP contribution in [0.25, 0.3) is 0 Å². The van der Waals surface area contributed by atoms with Crippen molar-refractivity contribution in [1.29, 1.82) is 0 Å². The van der Waals surface area contributed by atoms with Crippen LogP contribution in [-0.4, -0.2) is 11.4 Å². The predicted octanol–water partition coefficient (Wildman–Crippen LogP) is 3.70. The average Bonchev–Trinajstić information content (AvgIpc) is 2.31. The maximum absolute atomic E-state index is 9.50. The van der Waals surface area contributed by atoms with Crippen molar-refractivity contribution in [3.8, 4) is 5.75 Å². The SMILES string of the molecule is CSc1ccc(O)cc1Cc1ccccc1. The highest BCUT2D eigenvalue weighted by Gasteiger charge is 2.03. The molecule has 0 atom stereocenters. The van der Waals surface area contributed by atoms with Gasteiger partial charge in [-0.2, -0.15) is 0 Å². The van der Waals surface area contributed by atoms with Crippen molar-refractivity contribution in [2.45, 2.75) is 11.3 Å². The number of aromatic hydroxyl groups is 1. The molecule has 0 aromatic heterocycles. The maximum Gasteiger partial charge on any atom is 0.115 e. The van der Waals surface area contributed by atoms with Crippen LogP contribution in [-0.2, 0) is 6.42 Å². The van der Waals surface area contributed by atoms with Crippen LogP contribution in [0.2, 0.25) is 0 Å². The van der Waals surface area contributed by atoms with Gasteiger partial charge in [-0.25, -0.2) is 0 Å². The zero-order valence-electron chi connectivity index (χ0n) is 9.18. The van der Waals surface area contributed by atoms with Crippen molar-refractivity contribution >= 4 is 11.8 Å². The second-order valence-electron chi connectivity index (χ2n) is 3.66. The second-order valence-corrected chi connectivity index (χ2v) is 4.51. The van der Waals surface area contributed by atoms with Gasteiger partial charge in [-0.15, -0.1) is 11.8 Å². The van der Waals surface area contributed by atoms with Gasteiger partial charge in [0.1, 0.15) is 5.75 Å². The first-order chi connectivity index (χ1) is 7.79. The lowest BCUT2D eigenvalue weighted by atomic mass is 10.0. The van der Waals surface area contributed by atoms with E-state index in [4.69, 9.17) is 0 Å². The largest absolute Gasteiger partial charge is 0.508 e. The van der Waals surface area contributed by atoms with E-state index in [-0.39, 0.29) is 0 Å². The standard InChI is InChI=1S/C14H14OS/c1-16-14-8-7-13(15)10-12(14)9-11-5-3-2-4-6-11/h2-8,10,15H,9H2,1H3. The Morgan fingerprint density at radius 3 is 2.50 bits per heavy atom. The monoisotopic (exact) mass is 230 g/mol. The topological polar surface area (TPSA) is 20.2 Å². The van der Waals surface area contributed by atoms with E-state index < -0.39 is 0 Å². The number of hydrogen-bond acceptors (Lipinski definition) is 2. The van der Waals surface area contributed by atoms with E-state index in [1.54, 1.807) is 17.8 Å². The van der Waals surface area contributed by atoms with Crippen molar-refractivity contribution in [2.75, 3.05) is 6.26 Å². The second kappa shape index (κ2) is 5.08. The Hall–Kier alpha value is -1.41. The quantitative estimate of drug-likeness (QED) is 0.811. The molecular formula is C14H14OS. The lowest BCUT2D eigenvalue weighted by molar-refractivity contribution is 0.474. The summed E-state index contributed by atoms with van der Waals surface area (Å²) in [6.45, 7) is 0. The summed E-state index contributed by atoms with van der Waals surface area (Å²) in [6, 6.07) is 15.9. The van der Waals surface area contributed by atoms with Crippen LogP contribution in [0.4, 0.5) is 0 Å². The summed E-state index contributed by atoms with van der Waals surface area (Å²) in [5.41, 5.74) is 2.45. The lowest BCUT2D eigenvalue weighted by Crippen LogP contribution is -1.90. The molecule has 0 heterocycles. The lowest BCUT2D eigenvalue weighted by Gasteiger charge is -2.08. The first-order valence-electron chi connectivity index (χ1n) is 5.19. The smallest absolute Gasteiger partial charge is 0.115 e. The van der Waals surface area contributed by atoms with Crippen LogP contribution < -0.4 is 0 Å². The van der Waals surface area contributed by atoms with Crippen LogP contribution >= 0.6 is 11.8 Å². The molecule has 0 bridgehead atoms. The minimum Gasteiger partial charge on any atom is -0.508 e. The van der Waals surface area contributed by atoms with E-state index in [0.29, 0.717) is 5.75 Å². The molecule has 16 heavy (non-hydrogen) atoms. The first kappa shape index (κ1) is 11.1. The molecule has 0 amide bonds. The summed E-state index contributed by atoms with van der Waals surface area (Å²) >= 11 is 1.71. The number of hydrogen-bond donors (Lipinski definition) is 1. The van der Waals surface area contributed by atoms with Gasteiger partial charge in [0.15, 0.2) is 0 Å². The third-order valence-electron chi connectivity index (χ3n) is 2.50. The van der Waals surface area contributed by atoms with E-state index in [1.165, 1.54) is 16.0 Å². The van der Waals surface area contributed by atoms with Crippen LogP contribution in [0.3, 0.4) is 0 Å². The fourth-order valence-electron chi connectivity index (χ4n) is 1.72.